The number of allylic oxidation sites excluding steroid dienone is 3. The maximum absolute atomic E-state index is 11.1. The second kappa shape index (κ2) is 5.67. The van der Waals surface area contributed by atoms with Gasteiger partial charge in [-0.2, -0.15) is 0 Å². The van der Waals surface area contributed by atoms with Gasteiger partial charge in [-0.15, -0.1) is 6.58 Å². The number of phenolic OH excluding ortho intramolecular Hbond substituents is 1. The van der Waals surface area contributed by atoms with Gasteiger partial charge >= 0.3 is 0 Å². The number of nitrogens with zero attached hydrogens (tertiary/aromatic N) is 1. The lowest BCUT2D eigenvalue weighted by molar-refractivity contribution is 0.122. The Bertz CT molecular complexity index is 795. The Balaban J connectivity index is 2.05. The molecular formula is C21H25NO3. The summed E-state index contributed by atoms with van der Waals surface area (Å²) < 4.78 is 11.1. The number of aromatic hydroxyl groups is 1. The van der Waals surface area contributed by atoms with Crippen LogP contribution in [0.1, 0.15) is 17.5 Å². The van der Waals surface area contributed by atoms with Crippen LogP contribution in [-0.4, -0.2) is 43.9 Å². The van der Waals surface area contributed by atoms with E-state index >= 15 is 0 Å². The Morgan fingerprint density at radius 1 is 1.28 bits per heavy atom. The van der Waals surface area contributed by atoms with Crippen molar-refractivity contribution in [1.29, 1.82) is 0 Å². The molecule has 0 saturated carbocycles. The lowest BCUT2D eigenvalue weighted by atomic mass is 9.53. The number of likely N-dealkylation sites (N-methyl/N-ethyl adjacent to an activating group) is 1. The third-order valence-corrected chi connectivity index (χ3v) is 6.31. The van der Waals surface area contributed by atoms with E-state index in [4.69, 9.17) is 9.47 Å². The normalized spacial score (nSPS) is 30.5. The van der Waals surface area contributed by atoms with Crippen LogP contribution in [-0.2, 0) is 16.6 Å². The second-order valence-corrected chi connectivity index (χ2v) is 7.18. The molecule has 4 rings (SSSR count). The molecule has 2 aliphatic carbocycles. The zero-order valence-electron chi connectivity index (χ0n) is 15.1. The van der Waals surface area contributed by atoms with Crippen molar-refractivity contribution in [3.63, 3.8) is 0 Å². The van der Waals surface area contributed by atoms with Crippen LogP contribution in [0.4, 0.5) is 0 Å². The number of benzene rings is 1. The predicted molar refractivity (Wildman–Crippen MR) is 97.9 cm³/mol. The smallest absolute Gasteiger partial charge is 0.162 e. The second-order valence-electron chi connectivity index (χ2n) is 7.18. The summed E-state index contributed by atoms with van der Waals surface area (Å²) in [6.45, 7) is 5.08. The number of fused-ring (bicyclic) bond motifs is 1. The molecule has 1 aliphatic heterocycles. The molecule has 0 amide bonds. The summed E-state index contributed by atoms with van der Waals surface area (Å²) >= 11 is 0. The number of likely N-dealkylation sites (tertiary alicyclic amines) is 1. The highest BCUT2D eigenvalue weighted by Gasteiger charge is 2.56. The number of hydrogen-bond acceptors (Lipinski definition) is 4. The fourth-order valence-electron chi connectivity index (χ4n) is 5.16. The molecule has 132 valence electrons. The van der Waals surface area contributed by atoms with Crippen molar-refractivity contribution in [3.8, 4) is 11.5 Å². The number of rotatable bonds is 3. The Kier molecular flexibility index (Phi) is 3.69. The number of ether oxygens (including phenoxy) is 2. The van der Waals surface area contributed by atoms with Crippen molar-refractivity contribution in [2.45, 2.75) is 24.3 Å². The minimum absolute atomic E-state index is 0.00533. The minimum Gasteiger partial charge on any atom is -0.504 e. The van der Waals surface area contributed by atoms with Crippen molar-refractivity contribution < 1.29 is 14.6 Å². The zero-order chi connectivity index (χ0) is 17.8. The highest BCUT2D eigenvalue weighted by atomic mass is 16.5. The molecular weight excluding hydrogens is 314 g/mol. The van der Waals surface area contributed by atoms with Gasteiger partial charge in [0.2, 0.25) is 0 Å². The van der Waals surface area contributed by atoms with Gasteiger partial charge in [-0.05, 0) is 49.7 Å². The van der Waals surface area contributed by atoms with Crippen LogP contribution in [0.25, 0.3) is 0 Å². The maximum Gasteiger partial charge on any atom is 0.162 e. The van der Waals surface area contributed by atoms with Gasteiger partial charge < -0.3 is 14.6 Å². The Labute approximate surface area is 149 Å². The summed E-state index contributed by atoms with van der Waals surface area (Å²) in [6, 6.07) is 4.31. The average molecular weight is 339 g/mol. The van der Waals surface area contributed by atoms with Crippen LogP contribution in [0.3, 0.4) is 0 Å². The van der Waals surface area contributed by atoms with Gasteiger partial charge in [-0.3, -0.25) is 4.90 Å². The molecule has 1 heterocycles. The Hall–Kier alpha value is -2.20. The van der Waals surface area contributed by atoms with Gasteiger partial charge in [0.25, 0.3) is 0 Å². The van der Waals surface area contributed by atoms with E-state index in [1.54, 1.807) is 14.2 Å². The summed E-state index contributed by atoms with van der Waals surface area (Å²) in [7, 11) is 5.49. The van der Waals surface area contributed by atoms with Crippen LogP contribution in [0, 0.1) is 5.92 Å². The van der Waals surface area contributed by atoms with Crippen LogP contribution in [0.5, 0.6) is 11.5 Å². The zero-order valence-corrected chi connectivity index (χ0v) is 15.1. The van der Waals surface area contributed by atoms with Gasteiger partial charge in [0.15, 0.2) is 11.5 Å². The topological polar surface area (TPSA) is 41.9 Å². The SMILES string of the molecule is C=C[C@H]1C(OC)=CC=C2[C@H]3Cc4ccc(OC)c(O)c4[C@]21CCN3C. The van der Waals surface area contributed by atoms with E-state index in [0.717, 1.165) is 30.7 Å². The largest absolute Gasteiger partial charge is 0.504 e. The highest BCUT2D eigenvalue weighted by Crippen LogP contribution is 2.59. The molecule has 1 fully saturated rings. The van der Waals surface area contributed by atoms with E-state index in [2.05, 4.69) is 36.7 Å². The van der Waals surface area contributed by atoms with Gasteiger partial charge in [0.1, 0.15) is 5.76 Å². The first-order valence-electron chi connectivity index (χ1n) is 8.76. The van der Waals surface area contributed by atoms with Crippen molar-refractivity contribution in [3.05, 3.63) is 59.4 Å². The monoisotopic (exact) mass is 339 g/mol. The van der Waals surface area contributed by atoms with Crippen LogP contribution >= 0.6 is 0 Å². The first-order valence-corrected chi connectivity index (χ1v) is 8.76. The van der Waals surface area contributed by atoms with Gasteiger partial charge in [0.05, 0.1) is 14.2 Å². The van der Waals surface area contributed by atoms with Crippen molar-refractivity contribution in [2.75, 3.05) is 27.8 Å². The molecule has 0 unspecified atom stereocenters. The number of phenols is 1. The molecule has 1 saturated heterocycles. The predicted octanol–water partition coefficient (Wildman–Crippen LogP) is 3.17. The van der Waals surface area contributed by atoms with Crippen LogP contribution < -0.4 is 4.74 Å². The van der Waals surface area contributed by atoms with Gasteiger partial charge in [0, 0.05) is 22.9 Å². The third kappa shape index (κ3) is 1.97. The summed E-state index contributed by atoms with van der Waals surface area (Å²) in [4.78, 5) is 2.42. The third-order valence-electron chi connectivity index (χ3n) is 6.31. The molecule has 0 spiro atoms. The Morgan fingerprint density at radius 3 is 2.76 bits per heavy atom. The molecule has 2 bridgehead atoms. The van der Waals surface area contributed by atoms with Crippen molar-refractivity contribution >= 4 is 0 Å². The lowest BCUT2D eigenvalue weighted by Crippen LogP contribution is -2.57. The summed E-state index contributed by atoms with van der Waals surface area (Å²) in [6.07, 6.45) is 8.04. The van der Waals surface area contributed by atoms with E-state index in [1.165, 1.54) is 11.1 Å². The molecule has 3 atom stereocenters. The molecule has 0 aromatic heterocycles. The molecule has 1 aromatic carbocycles. The highest BCUT2D eigenvalue weighted by molar-refractivity contribution is 5.63. The quantitative estimate of drug-likeness (QED) is 0.859. The summed E-state index contributed by atoms with van der Waals surface area (Å²) in [5.41, 5.74) is 3.22. The molecule has 3 aliphatic rings. The summed E-state index contributed by atoms with van der Waals surface area (Å²) in [5.74, 6) is 1.70. The van der Waals surface area contributed by atoms with E-state index in [9.17, 15) is 5.11 Å². The molecule has 4 nitrogen and oxygen atoms in total. The van der Waals surface area contributed by atoms with Crippen molar-refractivity contribution in [2.24, 2.45) is 5.92 Å². The minimum atomic E-state index is -0.314. The summed E-state index contributed by atoms with van der Waals surface area (Å²) in [5, 5.41) is 11.1. The van der Waals surface area contributed by atoms with E-state index in [1.807, 2.05) is 12.1 Å². The van der Waals surface area contributed by atoms with Gasteiger partial charge in [-0.25, -0.2) is 0 Å². The molecule has 0 radical (unpaired) electrons. The van der Waals surface area contributed by atoms with Gasteiger partial charge in [-0.1, -0.05) is 18.2 Å². The van der Waals surface area contributed by atoms with E-state index in [0.29, 0.717) is 11.8 Å². The number of hydrogen-bond donors (Lipinski definition) is 1. The fourth-order valence-corrected chi connectivity index (χ4v) is 5.16. The fraction of sp³-hybridized carbons (Fsp3) is 0.429. The molecule has 1 aromatic rings. The first kappa shape index (κ1) is 16.3. The average Bonchev–Trinajstić information content (AvgIpc) is 2.63. The van der Waals surface area contributed by atoms with Crippen molar-refractivity contribution in [1.82, 2.24) is 4.90 Å². The van der Waals surface area contributed by atoms with E-state index < -0.39 is 0 Å². The Morgan fingerprint density at radius 2 is 2.08 bits per heavy atom. The number of piperidine rings is 1. The molecule has 25 heavy (non-hydrogen) atoms. The molecule has 4 heteroatoms. The van der Waals surface area contributed by atoms with Crippen LogP contribution in [0.2, 0.25) is 0 Å². The van der Waals surface area contributed by atoms with E-state index in [-0.39, 0.29) is 17.1 Å². The number of methoxy groups -OCH3 is 2. The van der Waals surface area contributed by atoms with Crippen LogP contribution in [0.15, 0.2) is 48.3 Å². The molecule has 1 N–H and O–H groups in total. The standard InChI is InChI=1S/C21H25NO3/c1-5-14-17(24-3)9-7-15-16-12-13-6-8-18(25-4)20(23)19(13)21(14,15)10-11-22(16)2/h5-9,14,16,23H,1,10-12H2,2-4H3/t14-,16+,21-/m0/s1. The lowest BCUT2D eigenvalue weighted by Gasteiger charge is -2.56. The first-order chi connectivity index (χ1) is 12.1. The maximum atomic E-state index is 11.1.